The summed E-state index contributed by atoms with van der Waals surface area (Å²) < 4.78 is 11.4. The number of carbonyl (C=O) groups excluding carboxylic acids is 1. The lowest BCUT2D eigenvalue weighted by Crippen LogP contribution is -2.43. The lowest BCUT2D eigenvalue weighted by molar-refractivity contribution is -0.118. The van der Waals surface area contributed by atoms with Gasteiger partial charge in [-0.2, -0.15) is 0 Å². The van der Waals surface area contributed by atoms with Crippen molar-refractivity contribution >= 4 is 29.1 Å². The highest BCUT2D eigenvalue weighted by atomic mass is 35.5. The van der Waals surface area contributed by atoms with Gasteiger partial charge in [0.1, 0.15) is 13.2 Å². The Labute approximate surface area is 178 Å². The van der Waals surface area contributed by atoms with Gasteiger partial charge in [0.2, 0.25) is 0 Å². The van der Waals surface area contributed by atoms with Crippen LogP contribution in [0.25, 0.3) is 10.9 Å². The molecule has 1 heterocycles. The summed E-state index contributed by atoms with van der Waals surface area (Å²) >= 11 is 0. The Hall–Kier alpha value is -2.50. The normalized spacial score (nSPS) is 11.1. The number of carbonyl (C=O) groups is 1. The summed E-state index contributed by atoms with van der Waals surface area (Å²) in [5.74, 6) is 1.23. The number of fused-ring (bicyclic) bond motifs is 1. The Morgan fingerprint density at radius 3 is 2.41 bits per heavy atom. The van der Waals surface area contributed by atoms with E-state index in [4.69, 9.17) is 9.47 Å². The number of aromatic nitrogens is 1. The van der Waals surface area contributed by atoms with Gasteiger partial charge in [-0.3, -0.25) is 4.79 Å². The van der Waals surface area contributed by atoms with Crippen molar-refractivity contribution in [3.05, 3.63) is 60.3 Å². The summed E-state index contributed by atoms with van der Waals surface area (Å²) in [6.45, 7) is 7.16. The van der Waals surface area contributed by atoms with Crippen LogP contribution < -0.4 is 14.8 Å². The van der Waals surface area contributed by atoms with E-state index in [1.165, 1.54) is 23.4 Å². The molecule has 3 rings (SSSR count). The number of Topliss-reactive ketones (excluding diaryl/α,β-unsaturated/α-hetero) is 1. The number of benzene rings is 2. The molecule has 0 atom stereocenters. The molecule has 0 aliphatic carbocycles. The Balaban J connectivity index is 0.00000300. The van der Waals surface area contributed by atoms with Crippen LogP contribution in [-0.4, -0.2) is 36.1 Å². The molecule has 0 spiro atoms. The van der Waals surface area contributed by atoms with Crippen LogP contribution in [0.3, 0.4) is 0 Å². The molecule has 3 aromatic rings. The SMILES string of the molecule is CC(=O)COc1ccccc1OCCNC(C)(C)Cc1c[nH]c2ccccc12.Cl. The van der Waals surface area contributed by atoms with Crippen LogP contribution in [0, 0.1) is 0 Å². The molecule has 0 unspecified atom stereocenters. The molecule has 0 radical (unpaired) electrons. The molecule has 0 amide bonds. The van der Waals surface area contributed by atoms with Gasteiger partial charge < -0.3 is 19.8 Å². The second-order valence-corrected chi connectivity index (χ2v) is 7.63. The minimum atomic E-state index is -0.0705. The van der Waals surface area contributed by atoms with Crippen LogP contribution in [0.5, 0.6) is 11.5 Å². The second-order valence-electron chi connectivity index (χ2n) is 7.63. The first-order valence-corrected chi connectivity index (χ1v) is 9.59. The highest BCUT2D eigenvalue weighted by molar-refractivity contribution is 5.85. The summed E-state index contributed by atoms with van der Waals surface area (Å²) in [5.41, 5.74) is 2.40. The van der Waals surface area contributed by atoms with Crippen molar-refractivity contribution in [2.45, 2.75) is 32.7 Å². The number of aromatic amines is 1. The highest BCUT2D eigenvalue weighted by Crippen LogP contribution is 2.26. The van der Waals surface area contributed by atoms with Gasteiger partial charge in [-0.1, -0.05) is 30.3 Å². The third-order valence-electron chi connectivity index (χ3n) is 4.55. The van der Waals surface area contributed by atoms with Crippen LogP contribution in [0.15, 0.2) is 54.7 Å². The zero-order valence-electron chi connectivity index (χ0n) is 17.2. The molecule has 2 aromatic carbocycles. The number of H-pyrrole nitrogens is 1. The number of halogens is 1. The third-order valence-corrected chi connectivity index (χ3v) is 4.55. The lowest BCUT2D eigenvalue weighted by Gasteiger charge is -2.26. The maximum atomic E-state index is 11.1. The van der Waals surface area contributed by atoms with Gasteiger partial charge in [0, 0.05) is 29.2 Å². The number of rotatable bonds is 10. The lowest BCUT2D eigenvalue weighted by atomic mass is 9.94. The molecule has 156 valence electrons. The van der Waals surface area contributed by atoms with Crippen LogP contribution in [-0.2, 0) is 11.2 Å². The number of hydrogen-bond donors (Lipinski definition) is 2. The van der Waals surface area contributed by atoms with Gasteiger partial charge >= 0.3 is 0 Å². The molecular weight excluding hydrogens is 388 g/mol. The van der Waals surface area contributed by atoms with Gasteiger partial charge in [-0.05, 0) is 51.0 Å². The first kappa shape index (κ1) is 22.8. The zero-order chi connectivity index (χ0) is 20.0. The van der Waals surface area contributed by atoms with E-state index in [1.54, 1.807) is 0 Å². The van der Waals surface area contributed by atoms with E-state index >= 15 is 0 Å². The van der Waals surface area contributed by atoms with Crippen molar-refractivity contribution in [2.24, 2.45) is 0 Å². The van der Waals surface area contributed by atoms with Crippen molar-refractivity contribution < 1.29 is 14.3 Å². The van der Waals surface area contributed by atoms with Crippen LogP contribution >= 0.6 is 12.4 Å². The van der Waals surface area contributed by atoms with E-state index in [-0.39, 0.29) is 30.3 Å². The molecule has 0 bridgehead atoms. The maximum Gasteiger partial charge on any atom is 0.167 e. The van der Waals surface area contributed by atoms with Gasteiger partial charge in [-0.25, -0.2) is 0 Å². The van der Waals surface area contributed by atoms with Crippen LogP contribution in [0.2, 0.25) is 0 Å². The van der Waals surface area contributed by atoms with Crippen molar-refractivity contribution in [2.75, 3.05) is 19.8 Å². The summed E-state index contributed by atoms with van der Waals surface area (Å²) in [6.07, 6.45) is 3.00. The molecule has 29 heavy (non-hydrogen) atoms. The zero-order valence-corrected chi connectivity index (χ0v) is 18.0. The minimum Gasteiger partial charge on any atom is -0.488 e. The molecule has 0 saturated heterocycles. The molecule has 0 saturated carbocycles. The average Bonchev–Trinajstić information content (AvgIpc) is 3.06. The summed E-state index contributed by atoms with van der Waals surface area (Å²) in [4.78, 5) is 14.5. The fraction of sp³-hybridized carbons (Fsp3) is 0.348. The summed E-state index contributed by atoms with van der Waals surface area (Å²) in [7, 11) is 0. The van der Waals surface area contributed by atoms with Crippen molar-refractivity contribution in [3.63, 3.8) is 0 Å². The Kier molecular flexibility index (Phi) is 8.11. The standard InChI is InChI=1S/C23H28N2O3.ClH/c1-17(26)16-28-22-11-7-6-10-21(22)27-13-12-25-23(2,3)14-18-15-24-20-9-5-4-8-19(18)20;/h4-11,15,24-25H,12-14,16H2,1-3H3;1H. The fourth-order valence-electron chi connectivity index (χ4n) is 3.23. The van der Waals surface area contributed by atoms with Gasteiger partial charge in [0.25, 0.3) is 0 Å². The predicted octanol–water partition coefficient (Wildman–Crippen LogP) is 4.55. The number of ether oxygens (including phenoxy) is 2. The number of para-hydroxylation sites is 3. The van der Waals surface area contributed by atoms with E-state index < -0.39 is 0 Å². The average molecular weight is 417 g/mol. The minimum absolute atomic E-state index is 0. The molecule has 6 heteroatoms. The molecule has 0 aliphatic heterocycles. The Morgan fingerprint density at radius 2 is 1.69 bits per heavy atom. The smallest absolute Gasteiger partial charge is 0.167 e. The van der Waals surface area contributed by atoms with E-state index in [1.807, 2.05) is 30.3 Å². The molecule has 0 aliphatic rings. The van der Waals surface area contributed by atoms with E-state index in [9.17, 15) is 4.79 Å². The number of ketones is 1. The van der Waals surface area contributed by atoms with Crippen LogP contribution in [0.1, 0.15) is 26.3 Å². The molecule has 2 N–H and O–H groups in total. The highest BCUT2D eigenvalue weighted by Gasteiger charge is 2.19. The Bertz CT molecular complexity index is 937. The number of nitrogens with one attached hydrogen (secondary N) is 2. The van der Waals surface area contributed by atoms with Gasteiger partial charge in [0.05, 0.1) is 0 Å². The first-order valence-electron chi connectivity index (χ1n) is 9.59. The topological polar surface area (TPSA) is 63.4 Å². The third kappa shape index (κ3) is 6.51. The van der Waals surface area contributed by atoms with Crippen molar-refractivity contribution in [1.29, 1.82) is 0 Å². The Morgan fingerprint density at radius 1 is 1.03 bits per heavy atom. The fourth-order valence-corrected chi connectivity index (χ4v) is 3.23. The molecule has 1 aromatic heterocycles. The monoisotopic (exact) mass is 416 g/mol. The molecule has 5 nitrogen and oxygen atoms in total. The maximum absolute atomic E-state index is 11.1. The predicted molar refractivity (Wildman–Crippen MR) is 119 cm³/mol. The second kappa shape index (κ2) is 10.3. The van der Waals surface area contributed by atoms with Crippen molar-refractivity contribution in [1.82, 2.24) is 10.3 Å². The van der Waals surface area contributed by atoms with Gasteiger partial charge in [-0.15, -0.1) is 12.4 Å². The largest absolute Gasteiger partial charge is 0.488 e. The van der Waals surface area contributed by atoms with E-state index in [0.29, 0.717) is 24.7 Å². The van der Waals surface area contributed by atoms with E-state index in [2.05, 4.69) is 48.5 Å². The molecule has 0 fully saturated rings. The van der Waals surface area contributed by atoms with Gasteiger partial charge in [0.15, 0.2) is 17.3 Å². The summed E-state index contributed by atoms with van der Waals surface area (Å²) in [5, 5.41) is 4.84. The van der Waals surface area contributed by atoms with Crippen LogP contribution in [0.4, 0.5) is 0 Å². The molecular formula is C23H29ClN2O3. The van der Waals surface area contributed by atoms with E-state index in [0.717, 1.165) is 6.42 Å². The van der Waals surface area contributed by atoms with Crippen molar-refractivity contribution in [3.8, 4) is 11.5 Å². The first-order chi connectivity index (χ1) is 13.4. The number of hydrogen-bond acceptors (Lipinski definition) is 4. The summed E-state index contributed by atoms with van der Waals surface area (Å²) in [6, 6.07) is 15.8. The quantitative estimate of drug-likeness (QED) is 0.476.